The average molecular weight is 252 g/mol. The number of methoxy groups -OCH3 is 1. The number of aliphatic hydroxyl groups excluding tert-OH is 1. The maximum Gasteiger partial charge on any atom is 0.157 e. The number of rotatable bonds is 4. The lowest BCUT2D eigenvalue weighted by Gasteiger charge is -2.37. The topological polar surface area (TPSA) is 47.9 Å². The van der Waals surface area contributed by atoms with E-state index in [1.54, 1.807) is 7.11 Å². The minimum Gasteiger partial charge on any atom is -0.378 e. The molecule has 1 aliphatic heterocycles. The van der Waals surface area contributed by atoms with Crippen molar-refractivity contribution >= 4 is 0 Å². The second-order valence-electron chi connectivity index (χ2n) is 4.57. The first-order valence-corrected chi connectivity index (χ1v) is 6.22. The Hall–Kier alpha value is -0.940. The van der Waals surface area contributed by atoms with Crippen molar-refractivity contribution in [2.24, 2.45) is 0 Å². The average Bonchev–Trinajstić information content (AvgIpc) is 2.38. The summed E-state index contributed by atoms with van der Waals surface area (Å²) in [7, 11) is 1.63. The fraction of sp³-hybridized carbons (Fsp3) is 0.571. The van der Waals surface area contributed by atoms with E-state index >= 15 is 0 Å². The second-order valence-corrected chi connectivity index (χ2v) is 4.57. The van der Waals surface area contributed by atoms with Crippen LogP contribution < -0.4 is 0 Å². The van der Waals surface area contributed by atoms with Crippen molar-refractivity contribution in [3.63, 3.8) is 0 Å². The van der Waals surface area contributed by atoms with Crippen LogP contribution in [0.1, 0.15) is 18.9 Å². The molecule has 1 aromatic carbocycles. The van der Waals surface area contributed by atoms with Crippen LogP contribution in [0.25, 0.3) is 0 Å². The molecule has 4 nitrogen and oxygen atoms in total. The monoisotopic (exact) mass is 252 g/mol. The predicted molar refractivity (Wildman–Crippen MR) is 67.0 cm³/mol. The molecule has 1 heterocycles. The third-order valence-electron chi connectivity index (χ3n) is 3.22. The van der Waals surface area contributed by atoms with Crippen LogP contribution in [0.5, 0.6) is 0 Å². The number of benzene rings is 1. The molecule has 1 unspecified atom stereocenters. The summed E-state index contributed by atoms with van der Waals surface area (Å²) in [6.07, 6.45) is -0.782. The number of ether oxygens (including phenoxy) is 3. The van der Waals surface area contributed by atoms with Crippen molar-refractivity contribution in [1.29, 1.82) is 0 Å². The van der Waals surface area contributed by atoms with Gasteiger partial charge in [0.2, 0.25) is 0 Å². The van der Waals surface area contributed by atoms with E-state index in [1.165, 1.54) is 0 Å². The van der Waals surface area contributed by atoms with Gasteiger partial charge in [0.25, 0.3) is 0 Å². The standard InChI is InChI=1S/C14H20O4/c1-10-14(12(16-2)8-13(15)18-10)17-9-11-6-4-3-5-7-11/h3-7,10,12-15H,8-9H2,1-2H3/t10-,12+,13?,14-/m0/s1. The van der Waals surface area contributed by atoms with E-state index in [4.69, 9.17) is 14.2 Å². The molecule has 0 amide bonds. The van der Waals surface area contributed by atoms with Gasteiger partial charge in [-0.05, 0) is 12.5 Å². The predicted octanol–water partition coefficient (Wildman–Crippen LogP) is 1.71. The molecule has 0 saturated carbocycles. The Morgan fingerprint density at radius 1 is 1.33 bits per heavy atom. The highest BCUT2D eigenvalue weighted by Gasteiger charge is 2.36. The number of hydrogen-bond acceptors (Lipinski definition) is 4. The zero-order valence-corrected chi connectivity index (χ0v) is 10.8. The Bertz CT molecular complexity index is 354. The molecule has 0 radical (unpaired) electrons. The van der Waals surface area contributed by atoms with Crippen molar-refractivity contribution < 1.29 is 19.3 Å². The highest BCUT2D eigenvalue weighted by atomic mass is 16.6. The molecule has 0 aliphatic carbocycles. The second kappa shape index (κ2) is 6.29. The van der Waals surface area contributed by atoms with Gasteiger partial charge in [0.05, 0.1) is 18.8 Å². The van der Waals surface area contributed by atoms with Crippen LogP contribution >= 0.6 is 0 Å². The summed E-state index contributed by atoms with van der Waals surface area (Å²) in [6, 6.07) is 9.98. The fourth-order valence-corrected chi connectivity index (χ4v) is 2.26. The molecule has 0 bridgehead atoms. The van der Waals surface area contributed by atoms with Gasteiger partial charge in [0.15, 0.2) is 6.29 Å². The van der Waals surface area contributed by atoms with Crippen molar-refractivity contribution in [2.75, 3.05) is 7.11 Å². The summed E-state index contributed by atoms with van der Waals surface area (Å²) >= 11 is 0. The number of hydrogen-bond donors (Lipinski definition) is 1. The first-order valence-electron chi connectivity index (χ1n) is 6.22. The summed E-state index contributed by atoms with van der Waals surface area (Å²) in [4.78, 5) is 0. The molecule has 2 rings (SSSR count). The lowest BCUT2D eigenvalue weighted by Crippen LogP contribution is -2.49. The molecular weight excluding hydrogens is 232 g/mol. The molecule has 1 saturated heterocycles. The van der Waals surface area contributed by atoms with Crippen LogP contribution in [0.4, 0.5) is 0 Å². The Morgan fingerprint density at radius 3 is 2.72 bits per heavy atom. The van der Waals surface area contributed by atoms with Crippen molar-refractivity contribution in [3.05, 3.63) is 35.9 Å². The SMILES string of the molecule is CO[C@@H]1CC(O)O[C@@H](C)[C@@H]1OCc1ccccc1. The number of aliphatic hydroxyl groups is 1. The lowest BCUT2D eigenvalue weighted by molar-refractivity contribution is -0.245. The van der Waals surface area contributed by atoms with Gasteiger partial charge in [-0.15, -0.1) is 0 Å². The van der Waals surface area contributed by atoms with Gasteiger partial charge in [0, 0.05) is 13.5 Å². The van der Waals surface area contributed by atoms with E-state index in [9.17, 15) is 5.11 Å². The summed E-state index contributed by atoms with van der Waals surface area (Å²) in [5, 5.41) is 9.53. The minimum absolute atomic E-state index is 0.132. The molecule has 1 aromatic rings. The van der Waals surface area contributed by atoms with Crippen LogP contribution in [0.2, 0.25) is 0 Å². The van der Waals surface area contributed by atoms with Gasteiger partial charge in [-0.3, -0.25) is 0 Å². The Morgan fingerprint density at radius 2 is 2.06 bits per heavy atom. The first kappa shape index (κ1) is 13.5. The van der Waals surface area contributed by atoms with Crippen LogP contribution in [0.3, 0.4) is 0 Å². The third-order valence-corrected chi connectivity index (χ3v) is 3.22. The molecule has 0 aromatic heterocycles. The van der Waals surface area contributed by atoms with E-state index in [1.807, 2.05) is 37.3 Å². The molecule has 1 N–H and O–H groups in total. The van der Waals surface area contributed by atoms with Crippen molar-refractivity contribution in [3.8, 4) is 0 Å². The maximum atomic E-state index is 9.53. The van der Waals surface area contributed by atoms with E-state index in [0.29, 0.717) is 13.0 Å². The third kappa shape index (κ3) is 3.29. The van der Waals surface area contributed by atoms with Gasteiger partial charge in [0.1, 0.15) is 6.10 Å². The van der Waals surface area contributed by atoms with E-state index in [2.05, 4.69) is 0 Å². The van der Waals surface area contributed by atoms with E-state index in [0.717, 1.165) is 5.56 Å². The van der Waals surface area contributed by atoms with E-state index < -0.39 is 6.29 Å². The molecular formula is C14H20O4. The molecule has 100 valence electrons. The Kier molecular flexibility index (Phi) is 4.72. The van der Waals surface area contributed by atoms with E-state index in [-0.39, 0.29) is 18.3 Å². The zero-order valence-electron chi connectivity index (χ0n) is 10.8. The van der Waals surface area contributed by atoms with Gasteiger partial charge in [-0.1, -0.05) is 30.3 Å². The Labute approximate surface area is 107 Å². The molecule has 18 heavy (non-hydrogen) atoms. The van der Waals surface area contributed by atoms with Crippen molar-refractivity contribution in [1.82, 2.24) is 0 Å². The molecule has 1 fully saturated rings. The molecule has 0 spiro atoms. The van der Waals surface area contributed by atoms with Crippen molar-refractivity contribution in [2.45, 2.75) is 44.6 Å². The summed E-state index contributed by atoms with van der Waals surface area (Å²) in [6.45, 7) is 2.42. The maximum absolute atomic E-state index is 9.53. The fourth-order valence-electron chi connectivity index (χ4n) is 2.26. The lowest BCUT2D eigenvalue weighted by atomic mass is 10.0. The zero-order chi connectivity index (χ0) is 13.0. The van der Waals surface area contributed by atoms with Gasteiger partial charge in [-0.2, -0.15) is 0 Å². The Balaban J connectivity index is 1.94. The quantitative estimate of drug-likeness (QED) is 0.886. The van der Waals surface area contributed by atoms with Crippen LogP contribution in [0, 0.1) is 0 Å². The normalized spacial score (nSPS) is 32.4. The van der Waals surface area contributed by atoms with Gasteiger partial charge in [-0.25, -0.2) is 0 Å². The smallest absolute Gasteiger partial charge is 0.157 e. The van der Waals surface area contributed by atoms with Crippen LogP contribution in [-0.4, -0.2) is 36.8 Å². The highest BCUT2D eigenvalue weighted by molar-refractivity contribution is 5.13. The van der Waals surface area contributed by atoms with Gasteiger partial charge >= 0.3 is 0 Å². The summed E-state index contributed by atoms with van der Waals surface area (Å²) in [5.41, 5.74) is 1.12. The first-order chi connectivity index (χ1) is 8.70. The minimum atomic E-state index is -0.762. The molecule has 4 heteroatoms. The van der Waals surface area contributed by atoms with Crippen LogP contribution in [-0.2, 0) is 20.8 Å². The highest BCUT2D eigenvalue weighted by Crippen LogP contribution is 2.24. The van der Waals surface area contributed by atoms with Crippen LogP contribution in [0.15, 0.2) is 30.3 Å². The van der Waals surface area contributed by atoms with Gasteiger partial charge < -0.3 is 19.3 Å². The summed E-state index contributed by atoms with van der Waals surface area (Å²) < 4.78 is 16.6. The summed E-state index contributed by atoms with van der Waals surface area (Å²) in [5.74, 6) is 0. The molecule has 1 aliphatic rings. The largest absolute Gasteiger partial charge is 0.378 e. The molecule has 4 atom stereocenters.